The Bertz CT molecular complexity index is 175. The van der Waals surface area contributed by atoms with Gasteiger partial charge in [-0.25, -0.2) is 0 Å². The van der Waals surface area contributed by atoms with Crippen molar-refractivity contribution in [3.63, 3.8) is 0 Å². The highest BCUT2D eigenvalue weighted by Crippen LogP contribution is 2.45. The smallest absolute Gasteiger partial charge is 0.310 e. The van der Waals surface area contributed by atoms with Crippen LogP contribution >= 0.6 is 0 Å². The molecule has 70 valence electrons. The van der Waals surface area contributed by atoms with Gasteiger partial charge in [0.15, 0.2) is 0 Å². The lowest BCUT2D eigenvalue weighted by Crippen LogP contribution is -2.35. The van der Waals surface area contributed by atoms with E-state index in [1.807, 2.05) is 0 Å². The maximum atomic E-state index is 10.7. The molecule has 0 spiro atoms. The van der Waals surface area contributed by atoms with Crippen LogP contribution in [0.1, 0.15) is 33.1 Å². The molecule has 0 aliphatic heterocycles. The van der Waals surface area contributed by atoms with Crippen molar-refractivity contribution in [2.45, 2.75) is 39.2 Å². The van der Waals surface area contributed by atoms with E-state index < -0.39 is 11.4 Å². The summed E-state index contributed by atoms with van der Waals surface area (Å²) in [6.45, 7) is 4.81. The van der Waals surface area contributed by atoms with Crippen molar-refractivity contribution in [1.82, 2.24) is 5.32 Å². The minimum absolute atomic E-state index is 0.413. The van der Waals surface area contributed by atoms with Gasteiger partial charge in [-0.2, -0.15) is 0 Å². The van der Waals surface area contributed by atoms with E-state index in [1.54, 1.807) is 0 Å². The normalized spacial score (nSPS) is 21.8. The van der Waals surface area contributed by atoms with Gasteiger partial charge in [-0.05, 0) is 26.2 Å². The summed E-state index contributed by atoms with van der Waals surface area (Å²) in [5, 5.41) is 12.1. The molecule has 0 saturated heterocycles. The van der Waals surface area contributed by atoms with E-state index in [0.29, 0.717) is 12.6 Å². The molecule has 0 amide bonds. The van der Waals surface area contributed by atoms with Crippen LogP contribution in [0.5, 0.6) is 0 Å². The number of rotatable bonds is 5. The number of nitrogens with one attached hydrogen (secondary N) is 1. The van der Waals surface area contributed by atoms with Gasteiger partial charge in [0, 0.05) is 12.6 Å². The third kappa shape index (κ3) is 1.97. The van der Waals surface area contributed by atoms with Crippen molar-refractivity contribution in [2.75, 3.05) is 6.54 Å². The van der Waals surface area contributed by atoms with E-state index in [2.05, 4.69) is 19.2 Å². The van der Waals surface area contributed by atoms with Crippen molar-refractivity contribution in [3.8, 4) is 0 Å². The van der Waals surface area contributed by atoms with Crippen LogP contribution in [0.2, 0.25) is 0 Å². The molecular formula is C9H17NO2. The largest absolute Gasteiger partial charge is 0.481 e. The number of carboxylic acids is 1. The van der Waals surface area contributed by atoms with Gasteiger partial charge in [0.05, 0.1) is 5.41 Å². The van der Waals surface area contributed by atoms with Crippen LogP contribution in [0.3, 0.4) is 0 Å². The number of carboxylic acid groups (broad SMARTS) is 1. The van der Waals surface area contributed by atoms with Crippen LogP contribution in [0.25, 0.3) is 0 Å². The van der Waals surface area contributed by atoms with E-state index >= 15 is 0 Å². The SMILES string of the molecule is CCC(C)NCC1(C(=O)O)CC1. The summed E-state index contributed by atoms with van der Waals surface area (Å²) in [5.41, 5.74) is -0.413. The summed E-state index contributed by atoms with van der Waals surface area (Å²) in [6.07, 6.45) is 2.73. The molecule has 1 aliphatic carbocycles. The fraction of sp³-hybridized carbons (Fsp3) is 0.889. The number of carbonyl (C=O) groups is 1. The highest BCUT2D eigenvalue weighted by atomic mass is 16.4. The molecule has 1 saturated carbocycles. The first-order chi connectivity index (χ1) is 5.60. The Balaban J connectivity index is 2.27. The molecule has 0 aromatic carbocycles. The molecule has 3 heteroatoms. The number of hydrogen-bond acceptors (Lipinski definition) is 2. The Morgan fingerprint density at radius 1 is 1.67 bits per heavy atom. The average Bonchev–Trinajstić information content (AvgIpc) is 2.81. The van der Waals surface area contributed by atoms with Crippen LogP contribution in [0, 0.1) is 5.41 Å². The third-order valence-electron chi connectivity index (χ3n) is 2.71. The zero-order valence-corrected chi connectivity index (χ0v) is 7.76. The van der Waals surface area contributed by atoms with E-state index in [0.717, 1.165) is 19.3 Å². The van der Waals surface area contributed by atoms with Crippen molar-refractivity contribution in [2.24, 2.45) is 5.41 Å². The zero-order chi connectivity index (χ0) is 9.19. The van der Waals surface area contributed by atoms with Gasteiger partial charge in [0.2, 0.25) is 0 Å². The first kappa shape index (κ1) is 9.52. The Kier molecular flexibility index (Phi) is 2.73. The van der Waals surface area contributed by atoms with Gasteiger partial charge in [-0.1, -0.05) is 6.92 Å². The predicted molar refractivity (Wildman–Crippen MR) is 47.1 cm³/mol. The molecule has 1 atom stereocenters. The molecule has 0 aromatic heterocycles. The van der Waals surface area contributed by atoms with E-state index in [-0.39, 0.29) is 0 Å². The van der Waals surface area contributed by atoms with E-state index in [4.69, 9.17) is 5.11 Å². The summed E-state index contributed by atoms with van der Waals surface area (Å²) in [7, 11) is 0. The van der Waals surface area contributed by atoms with Crippen LogP contribution in [0.15, 0.2) is 0 Å². The molecule has 1 aliphatic rings. The Morgan fingerprint density at radius 3 is 2.58 bits per heavy atom. The lowest BCUT2D eigenvalue weighted by atomic mass is 10.1. The van der Waals surface area contributed by atoms with Gasteiger partial charge in [-0.3, -0.25) is 4.79 Å². The molecule has 1 rings (SSSR count). The highest BCUT2D eigenvalue weighted by molar-refractivity contribution is 5.78. The zero-order valence-electron chi connectivity index (χ0n) is 7.76. The van der Waals surface area contributed by atoms with E-state index in [1.165, 1.54) is 0 Å². The number of aliphatic carboxylic acids is 1. The topological polar surface area (TPSA) is 49.3 Å². The molecule has 1 fully saturated rings. The Labute approximate surface area is 73.2 Å². The minimum Gasteiger partial charge on any atom is -0.481 e. The van der Waals surface area contributed by atoms with Gasteiger partial charge in [0.1, 0.15) is 0 Å². The Hall–Kier alpha value is -0.570. The van der Waals surface area contributed by atoms with Crippen molar-refractivity contribution in [1.29, 1.82) is 0 Å². The standard InChI is InChI=1S/C9H17NO2/c1-3-7(2)10-6-9(4-5-9)8(11)12/h7,10H,3-6H2,1-2H3,(H,11,12). The van der Waals surface area contributed by atoms with Crippen LogP contribution in [0.4, 0.5) is 0 Å². The molecule has 0 radical (unpaired) electrons. The fourth-order valence-corrected chi connectivity index (χ4v) is 1.13. The summed E-state index contributed by atoms with van der Waals surface area (Å²) in [5.74, 6) is -0.640. The van der Waals surface area contributed by atoms with Crippen molar-refractivity contribution in [3.05, 3.63) is 0 Å². The quantitative estimate of drug-likeness (QED) is 0.654. The summed E-state index contributed by atoms with van der Waals surface area (Å²) in [4.78, 5) is 10.7. The van der Waals surface area contributed by atoms with Crippen LogP contribution < -0.4 is 5.32 Å². The van der Waals surface area contributed by atoms with Crippen LogP contribution in [-0.4, -0.2) is 23.7 Å². The second kappa shape index (κ2) is 3.44. The molecule has 1 unspecified atom stereocenters. The molecule has 0 bridgehead atoms. The lowest BCUT2D eigenvalue weighted by Gasteiger charge is -2.15. The first-order valence-corrected chi connectivity index (χ1v) is 4.57. The summed E-state index contributed by atoms with van der Waals surface area (Å²) >= 11 is 0. The van der Waals surface area contributed by atoms with Crippen LogP contribution in [-0.2, 0) is 4.79 Å². The van der Waals surface area contributed by atoms with Gasteiger partial charge in [-0.15, -0.1) is 0 Å². The Morgan fingerprint density at radius 2 is 2.25 bits per heavy atom. The summed E-state index contributed by atoms with van der Waals surface area (Å²) < 4.78 is 0. The number of hydrogen-bond donors (Lipinski definition) is 2. The van der Waals surface area contributed by atoms with Gasteiger partial charge < -0.3 is 10.4 Å². The first-order valence-electron chi connectivity index (χ1n) is 4.57. The molecule has 3 nitrogen and oxygen atoms in total. The lowest BCUT2D eigenvalue weighted by molar-refractivity contribution is -0.143. The monoisotopic (exact) mass is 171 g/mol. The second-order valence-electron chi connectivity index (χ2n) is 3.78. The van der Waals surface area contributed by atoms with E-state index in [9.17, 15) is 4.79 Å². The summed E-state index contributed by atoms with van der Waals surface area (Å²) in [6, 6.07) is 0.432. The predicted octanol–water partition coefficient (Wildman–Crippen LogP) is 1.24. The third-order valence-corrected chi connectivity index (χ3v) is 2.71. The maximum absolute atomic E-state index is 10.7. The van der Waals surface area contributed by atoms with Gasteiger partial charge in [0.25, 0.3) is 0 Å². The molecule has 0 aromatic rings. The average molecular weight is 171 g/mol. The molecule has 2 N–H and O–H groups in total. The molecule has 12 heavy (non-hydrogen) atoms. The van der Waals surface area contributed by atoms with Crippen molar-refractivity contribution >= 4 is 5.97 Å². The highest BCUT2D eigenvalue weighted by Gasteiger charge is 2.49. The minimum atomic E-state index is -0.640. The fourth-order valence-electron chi connectivity index (χ4n) is 1.13. The van der Waals surface area contributed by atoms with Crippen molar-refractivity contribution < 1.29 is 9.90 Å². The molecule has 0 heterocycles. The maximum Gasteiger partial charge on any atom is 0.310 e. The second-order valence-corrected chi connectivity index (χ2v) is 3.78. The molecular weight excluding hydrogens is 154 g/mol. The van der Waals surface area contributed by atoms with Gasteiger partial charge >= 0.3 is 5.97 Å².